The Morgan fingerprint density at radius 1 is 1.61 bits per heavy atom. The second-order valence-corrected chi connectivity index (χ2v) is 6.94. The van der Waals surface area contributed by atoms with Crippen LogP contribution in [0.15, 0.2) is 17.5 Å². The van der Waals surface area contributed by atoms with E-state index in [1.807, 2.05) is 22.1 Å². The minimum atomic E-state index is 0.0270. The highest BCUT2D eigenvalue weighted by atomic mass is 32.1. The molecule has 2 N–H and O–H groups in total. The van der Waals surface area contributed by atoms with E-state index in [2.05, 4.69) is 15.5 Å². The minimum absolute atomic E-state index is 0.0270. The maximum atomic E-state index is 12.2. The maximum Gasteiger partial charge on any atom is 0.222 e. The van der Waals surface area contributed by atoms with Crippen molar-refractivity contribution in [1.82, 2.24) is 20.1 Å². The van der Waals surface area contributed by atoms with Gasteiger partial charge in [0.25, 0.3) is 0 Å². The molecule has 8 heteroatoms. The first kappa shape index (κ1) is 16.4. The van der Waals surface area contributed by atoms with Gasteiger partial charge in [0.15, 0.2) is 10.6 Å². The van der Waals surface area contributed by atoms with Crippen molar-refractivity contribution in [2.75, 3.05) is 7.11 Å². The molecule has 0 aromatic carbocycles. The first-order valence-corrected chi connectivity index (χ1v) is 8.99. The van der Waals surface area contributed by atoms with Crippen LogP contribution < -0.4 is 5.32 Å². The summed E-state index contributed by atoms with van der Waals surface area (Å²) in [6.07, 6.45) is 3.60. The summed E-state index contributed by atoms with van der Waals surface area (Å²) >= 11 is 6.88. The highest BCUT2D eigenvalue weighted by Crippen LogP contribution is 2.23. The molecule has 1 amide bonds. The molecule has 2 aromatic heterocycles. The highest BCUT2D eigenvalue weighted by Gasteiger charge is 2.28. The van der Waals surface area contributed by atoms with E-state index in [-0.39, 0.29) is 18.1 Å². The van der Waals surface area contributed by atoms with Crippen molar-refractivity contribution in [3.8, 4) is 10.7 Å². The molecule has 2 atom stereocenters. The van der Waals surface area contributed by atoms with Crippen molar-refractivity contribution in [2.24, 2.45) is 0 Å². The van der Waals surface area contributed by atoms with E-state index in [1.54, 1.807) is 18.4 Å². The Morgan fingerprint density at radius 2 is 2.48 bits per heavy atom. The van der Waals surface area contributed by atoms with Crippen molar-refractivity contribution in [3.63, 3.8) is 0 Å². The Bertz CT molecular complexity index is 707. The fraction of sp³-hybridized carbons (Fsp3) is 0.533. The van der Waals surface area contributed by atoms with Crippen LogP contribution >= 0.6 is 23.6 Å². The lowest BCUT2D eigenvalue weighted by Gasteiger charge is -2.19. The Balaban J connectivity index is 1.61. The molecule has 1 aliphatic carbocycles. The molecule has 3 rings (SSSR count). The Morgan fingerprint density at radius 3 is 3.22 bits per heavy atom. The third-order valence-electron chi connectivity index (χ3n) is 4.16. The quantitative estimate of drug-likeness (QED) is 0.784. The number of hydrogen-bond acceptors (Lipinski definition) is 5. The van der Waals surface area contributed by atoms with E-state index in [0.29, 0.717) is 17.7 Å². The van der Waals surface area contributed by atoms with Gasteiger partial charge in [0.05, 0.1) is 17.0 Å². The number of ether oxygens (including phenoxy) is 1. The average molecular weight is 352 g/mol. The molecule has 124 valence electrons. The fourth-order valence-corrected chi connectivity index (χ4v) is 3.93. The molecule has 6 nitrogen and oxygen atoms in total. The zero-order valence-corrected chi connectivity index (χ0v) is 14.6. The van der Waals surface area contributed by atoms with Gasteiger partial charge in [0, 0.05) is 20.1 Å². The van der Waals surface area contributed by atoms with Gasteiger partial charge in [-0.15, -0.1) is 11.3 Å². The second-order valence-electron chi connectivity index (χ2n) is 5.61. The Labute approximate surface area is 143 Å². The van der Waals surface area contributed by atoms with Crippen molar-refractivity contribution < 1.29 is 9.53 Å². The van der Waals surface area contributed by atoms with Crippen LogP contribution in [0.1, 0.15) is 25.7 Å². The minimum Gasteiger partial charge on any atom is -0.379 e. The van der Waals surface area contributed by atoms with Gasteiger partial charge in [-0.3, -0.25) is 14.5 Å². The molecule has 1 saturated carbocycles. The number of thiophene rings is 1. The average Bonchev–Trinajstić information content (AvgIpc) is 3.25. The molecule has 0 spiro atoms. The molecule has 0 bridgehead atoms. The maximum absolute atomic E-state index is 12.2. The summed E-state index contributed by atoms with van der Waals surface area (Å²) in [7, 11) is 1.70. The predicted octanol–water partition coefficient (Wildman–Crippen LogP) is 2.74. The summed E-state index contributed by atoms with van der Waals surface area (Å²) in [5.41, 5.74) is 0. The van der Waals surface area contributed by atoms with E-state index >= 15 is 0 Å². The Kier molecular flexibility index (Phi) is 5.24. The zero-order valence-electron chi connectivity index (χ0n) is 12.9. The molecule has 1 fully saturated rings. The van der Waals surface area contributed by atoms with E-state index in [0.717, 1.165) is 30.0 Å². The largest absolute Gasteiger partial charge is 0.379 e. The number of nitrogens with one attached hydrogen (secondary N) is 2. The monoisotopic (exact) mass is 352 g/mol. The summed E-state index contributed by atoms with van der Waals surface area (Å²) in [6, 6.07) is 4.09. The van der Waals surface area contributed by atoms with Crippen LogP contribution in [0.2, 0.25) is 0 Å². The van der Waals surface area contributed by atoms with Crippen LogP contribution in [0.3, 0.4) is 0 Å². The molecular formula is C15H20N4O2S2. The number of hydrogen-bond donors (Lipinski definition) is 2. The molecule has 0 aliphatic heterocycles. The van der Waals surface area contributed by atoms with Gasteiger partial charge in [-0.25, -0.2) is 0 Å². The summed E-state index contributed by atoms with van der Waals surface area (Å²) in [6.45, 7) is 0.513. The van der Waals surface area contributed by atoms with Crippen molar-refractivity contribution in [1.29, 1.82) is 0 Å². The molecule has 2 heterocycles. The van der Waals surface area contributed by atoms with Crippen molar-refractivity contribution in [3.05, 3.63) is 22.3 Å². The first-order chi connectivity index (χ1) is 11.2. The van der Waals surface area contributed by atoms with Crippen molar-refractivity contribution >= 4 is 29.5 Å². The van der Waals surface area contributed by atoms with Gasteiger partial charge in [-0.05, 0) is 42.9 Å². The molecule has 1 aliphatic rings. The molecule has 0 radical (unpaired) electrons. The van der Waals surface area contributed by atoms with Crippen LogP contribution in [0, 0.1) is 4.77 Å². The summed E-state index contributed by atoms with van der Waals surface area (Å²) in [4.78, 5) is 13.3. The van der Waals surface area contributed by atoms with Crippen LogP contribution in [0.5, 0.6) is 0 Å². The number of rotatable bonds is 6. The second kappa shape index (κ2) is 7.37. The number of aromatic nitrogens is 3. The highest BCUT2D eigenvalue weighted by molar-refractivity contribution is 7.71. The van der Waals surface area contributed by atoms with Crippen LogP contribution in [0.4, 0.5) is 0 Å². The summed E-state index contributed by atoms with van der Waals surface area (Å²) in [5.74, 6) is 0.813. The van der Waals surface area contributed by atoms with E-state index < -0.39 is 0 Å². The smallest absolute Gasteiger partial charge is 0.222 e. The van der Waals surface area contributed by atoms with E-state index in [1.165, 1.54) is 0 Å². The Hall–Kier alpha value is -1.51. The van der Waals surface area contributed by atoms with Gasteiger partial charge >= 0.3 is 0 Å². The van der Waals surface area contributed by atoms with Crippen LogP contribution in [-0.4, -0.2) is 39.9 Å². The third kappa shape index (κ3) is 3.70. The van der Waals surface area contributed by atoms with Crippen LogP contribution in [-0.2, 0) is 16.1 Å². The molecule has 0 unspecified atom stereocenters. The normalized spacial score (nSPS) is 20.7. The molecule has 0 saturated heterocycles. The number of methoxy groups -OCH3 is 1. The lowest BCUT2D eigenvalue weighted by atomic mass is 10.2. The molecular weight excluding hydrogens is 332 g/mol. The summed E-state index contributed by atoms with van der Waals surface area (Å²) < 4.78 is 7.83. The number of amides is 1. The van der Waals surface area contributed by atoms with Gasteiger partial charge in [0.1, 0.15) is 0 Å². The predicted molar refractivity (Wildman–Crippen MR) is 91.9 cm³/mol. The SMILES string of the molecule is CO[C@@H]1CCC[C@@H]1NC(=O)CCn1c(-c2cccs2)n[nH]c1=S. The van der Waals surface area contributed by atoms with Gasteiger partial charge in [-0.1, -0.05) is 6.07 Å². The lowest BCUT2D eigenvalue weighted by Crippen LogP contribution is -2.41. The van der Waals surface area contributed by atoms with Gasteiger partial charge in [-0.2, -0.15) is 5.10 Å². The zero-order chi connectivity index (χ0) is 16.2. The number of aromatic amines is 1. The first-order valence-electron chi connectivity index (χ1n) is 7.70. The van der Waals surface area contributed by atoms with Crippen LogP contribution in [0.25, 0.3) is 10.7 Å². The fourth-order valence-electron chi connectivity index (χ4n) is 2.98. The summed E-state index contributed by atoms with van der Waals surface area (Å²) in [5, 5.41) is 12.2. The number of nitrogens with zero attached hydrogens (tertiary/aromatic N) is 2. The number of carbonyl (C=O) groups is 1. The van der Waals surface area contributed by atoms with Gasteiger partial charge < -0.3 is 10.1 Å². The number of carbonyl (C=O) groups excluding carboxylic acids is 1. The standard InChI is InChI=1S/C15H20N4O2S2/c1-21-11-5-2-4-10(11)16-13(20)7-8-19-14(17-18-15(19)22)12-6-3-9-23-12/h3,6,9-11H,2,4-5,7-8H2,1H3,(H,16,20)(H,18,22)/t10-,11+/m0/s1. The van der Waals surface area contributed by atoms with E-state index in [9.17, 15) is 4.79 Å². The van der Waals surface area contributed by atoms with E-state index in [4.69, 9.17) is 17.0 Å². The third-order valence-corrected chi connectivity index (χ3v) is 5.34. The topological polar surface area (TPSA) is 71.9 Å². The van der Waals surface area contributed by atoms with Gasteiger partial charge in [0.2, 0.25) is 5.91 Å². The molecule has 23 heavy (non-hydrogen) atoms. The van der Waals surface area contributed by atoms with Crippen molar-refractivity contribution in [2.45, 2.75) is 44.4 Å². The lowest BCUT2D eigenvalue weighted by molar-refractivity contribution is -0.122. The molecule has 2 aromatic rings. The number of H-pyrrole nitrogens is 1.